The summed E-state index contributed by atoms with van der Waals surface area (Å²) in [5, 5.41) is 0. The molecule has 0 amide bonds. The molecule has 19 heavy (non-hydrogen) atoms. The second kappa shape index (κ2) is 6.22. The van der Waals surface area contributed by atoms with E-state index in [0.29, 0.717) is 0 Å². The van der Waals surface area contributed by atoms with Crippen LogP contribution in [0, 0.1) is 23.5 Å². The van der Waals surface area contributed by atoms with E-state index in [1.807, 2.05) is 4.98 Å². The molecule has 0 radical (unpaired) electrons. The van der Waals surface area contributed by atoms with E-state index >= 15 is 0 Å². The van der Waals surface area contributed by atoms with Crippen LogP contribution in [-0.4, -0.2) is 18.9 Å². The average Bonchev–Trinajstić information content (AvgIpc) is 2.20. The van der Waals surface area contributed by atoms with Gasteiger partial charge in [-0.2, -0.15) is 26.9 Å². The fraction of sp³-hybridized carbons (Fsp3) is 0.167. The summed E-state index contributed by atoms with van der Waals surface area (Å²) in [4.78, 5) is 2.01. The minimum absolute atomic E-state index is 0. The number of alkyl halides is 3. The van der Waals surface area contributed by atoms with Crippen molar-refractivity contribution < 1.29 is 90.5 Å². The monoisotopic (exact) mass is 336 g/mol. The Bertz CT molecular complexity index is 562. The molecule has 0 saturated heterocycles. The molecule has 0 fully saturated rings. The first-order chi connectivity index (χ1) is 7.97. The van der Waals surface area contributed by atoms with Gasteiger partial charge in [-0.3, -0.25) is 0 Å². The molecule has 102 valence electrons. The van der Waals surface area contributed by atoms with Gasteiger partial charge in [-0.1, -0.05) is 0 Å². The van der Waals surface area contributed by atoms with Crippen molar-refractivity contribution in [3.8, 4) is 0 Å². The fourth-order valence-corrected chi connectivity index (χ4v) is 1.23. The van der Waals surface area contributed by atoms with Crippen LogP contribution in [0.5, 0.6) is 0 Å². The molecule has 0 bridgehead atoms. The van der Waals surface area contributed by atoms with Gasteiger partial charge < -0.3 is 4.72 Å². The van der Waals surface area contributed by atoms with Gasteiger partial charge in [0.05, 0.1) is 0 Å². The van der Waals surface area contributed by atoms with Gasteiger partial charge >= 0.3 is 56.9 Å². The van der Waals surface area contributed by atoms with Gasteiger partial charge in [0.2, 0.25) is 11.9 Å². The van der Waals surface area contributed by atoms with Crippen molar-refractivity contribution in [3.63, 3.8) is 0 Å². The molecule has 0 aliphatic rings. The molecule has 0 aliphatic carbocycles. The summed E-state index contributed by atoms with van der Waals surface area (Å²) >= 11 is 0. The smallest absolute Gasteiger partial charge is 0.564 e. The third-order valence-corrected chi connectivity index (χ3v) is 2.49. The third-order valence-electron chi connectivity index (χ3n) is 1.48. The molecule has 0 spiro atoms. The maximum atomic E-state index is 12.8. The van der Waals surface area contributed by atoms with Gasteiger partial charge in [0.15, 0.2) is 21.7 Å². The van der Waals surface area contributed by atoms with E-state index in [1.165, 1.54) is 0 Å². The van der Waals surface area contributed by atoms with Crippen LogP contribution in [-0.2, 0) is 10.0 Å². The molecule has 1 rings (SSSR count). The molecular weight excluding hydrogens is 336 g/mol. The van der Waals surface area contributed by atoms with Crippen molar-refractivity contribution in [2.75, 3.05) is 0 Å². The summed E-state index contributed by atoms with van der Waals surface area (Å²) in [6.45, 7) is 0. The third kappa shape index (κ3) is 4.01. The van der Waals surface area contributed by atoms with Crippen LogP contribution in [0.15, 0.2) is 0 Å². The SMILES string of the molecule is O=S(=O)([N-]c1c(F)c(F)nc(F)c1F)C(F)(F)F.[K+]. The summed E-state index contributed by atoms with van der Waals surface area (Å²) in [5.74, 6) is -9.57. The molecule has 1 heterocycles. The number of hydrogen-bond acceptors (Lipinski definition) is 3. The summed E-state index contributed by atoms with van der Waals surface area (Å²) < 4.78 is 109. The largest absolute Gasteiger partial charge is 1.00 e. The normalized spacial score (nSPS) is 11.9. The first kappa shape index (κ1) is 19.0. The van der Waals surface area contributed by atoms with Crippen LogP contribution in [0.1, 0.15) is 0 Å². The van der Waals surface area contributed by atoms with Gasteiger partial charge in [-0.25, -0.2) is 17.2 Å². The zero-order chi connectivity index (χ0) is 14.3. The molecule has 0 N–H and O–H groups in total. The maximum absolute atomic E-state index is 12.8. The first-order valence-electron chi connectivity index (χ1n) is 3.71. The van der Waals surface area contributed by atoms with Crippen molar-refractivity contribution in [2.45, 2.75) is 5.51 Å². The second-order valence-corrected chi connectivity index (χ2v) is 4.28. The van der Waals surface area contributed by atoms with E-state index in [2.05, 4.69) is 0 Å². The average molecular weight is 336 g/mol. The Kier molecular flexibility index (Phi) is 6.23. The van der Waals surface area contributed by atoms with Gasteiger partial charge in [0.1, 0.15) is 0 Å². The van der Waals surface area contributed by atoms with Crippen LogP contribution < -0.4 is 51.4 Å². The second-order valence-electron chi connectivity index (χ2n) is 2.68. The number of aromatic nitrogens is 1. The number of nitrogens with zero attached hydrogens (tertiary/aromatic N) is 2. The van der Waals surface area contributed by atoms with Crippen molar-refractivity contribution in [2.24, 2.45) is 0 Å². The Balaban J connectivity index is 0.00000324. The molecule has 4 nitrogen and oxygen atoms in total. The molecule has 0 atom stereocenters. The maximum Gasteiger partial charge on any atom is 1.00 e. The Morgan fingerprint density at radius 1 is 0.947 bits per heavy atom. The van der Waals surface area contributed by atoms with E-state index < -0.39 is 44.7 Å². The zero-order valence-electron chi connectivity index (χ0n) is 8.76. The van der Waals surface area contributed by atoms with E-state index in [9.17, 15) is 39.2 Å². The van der Waals surface area contributed by atoms with Crippen molar-refractivity contribution in [1.29, 1.82) is 0 Å². The van der Waals surface area contributed by atoms with Crippen LogP contribution in [0.2, 0.25) is 0 Å². The number of halogens is 7. The molecule has 0 saturated carbocycles. The standard InChI is InChI=1S/C6F7N2O2S.K/c7-1-3(2(8)5(10)14-4(1)9)15-18(16,17)6(11,12)13;/q-1;+1. The Morgan fingerprint density at radius 3 is 1.63 bits per heavy atom. The predicted molar refractivity (Wildman–Crippen MR) is 42.1 cm³/mol. The first-order valence-corrected chi connectivity index (χ1v) is 5.15. The number of rotatable bonds is 2. The quantitative estimate of drug-likeness (QED) is 0.416. The van der Waals surface area contributed by atoms with Crippen molar-refractivity contribution in [3.05, 3.63) is 28.3 Å². The van der Waals surface area contributed by atoms with Gasteiger partial charge in [0, 0.05) is 0 Å². The molecule has 0 aromatic carbocycles. The molecule has 13 heteroatoms. The summed E-state index contributed by atoms with van der Waals surface area (Å²) in [6, 6.07) is 0. The topological polar surface area (TPSA) is 61.1 Å². The molecule has 1 aromatic heterocycles. The number of pyridine rings is 1. The molecule has 0 aliphatic heterocycles. The summed E-state index contributed by atoms with van der Waals surface area (Å²) in [5.41, 5.74) is -8.24. The van der Waals surface area contributed by atoms with Crippen molar-refractivity contribution in [1.82, 2.24) is 4.98 Å². The molecule has 0 unspecified atom stereocenters. The van der Waals surface area contributed by atoms with Crippen LogP contribution in [0.4, 0.5) is 36.4 Å². The van der Waals surface area contributed by atoms with Crippen LogP contribution in [0.25, 0.3) is 4.72 Å². The Labute approximate surface area is 143 Å². The number of hydrogen-bond donors (Lipinski definition) is 0. The minimum Gasteiger partial charge on any atom is -0.564 e. The van der Waals surface area contributed by atoms with E-state index in [-0.39, 0.29) is 51.4 Å². The summed E-state index contributed by atoms with van der Waals surface area (Å²) in [7, 11) is -6.35. The van der Waals surface area contributed by atoms with E-state index in [1.54, 1.807) is 4.72 Å². The predicted octanol–water partition coefficient (Wildman–Crippen LogP) is -0.503. The van der Waals surface area contributed by atoms with Gasteiger partial charge in [0.25, 0.3) is 0 Å². The molecule has 1 aromatic rings. The molecular formula is C6F7KN2O2S. The van der Waals surface area contributed by atoms with Crippen molar-refractivity contribution >= 4 is 15.7 Å². The summed E-state index contributed by atoms with van der Waals surface area (Å²) in [6.07, 6.45) is 0. The Hall–Kier alpha value is 0.0464. The fourth-order valence-electron chi connectivity index (χ4n) is 0.728. The van der Waals surface area contributed by atoms with E-state index in [0.717, 1.165) is 0 Å². The van der Waals surface area contributed by atoms with Crippen LogP contribution in [0.3, 0.4) is 0 Å². The van der Waals surface area contributed by atoms with Gasteiger partial charge in [-0.05, 0) is 5.69 Å². The van der Waals surface area contributed by atoms with Crippen LogP contribution >= 0.6 is 0 Å². The van der Waals surface area contributed by atoms with Gasteiger partial charge in [-0.15, -0.1) is 0 Å². The Morgan fingerprint density at radius 2 is 1.32 bits per heavy atom. The van der Waals surface area contributed by atoms with E-state index in [4.69, 9.17) is 0 Å². The zero-order valence-corrected chi connectivity index (χ0v) is 12.7. The number of sulfonamides is 1. The minimum atomic E-state index is -6.35.